The summed E-state index contributed by atoms with van der Waals surface area (Å²) < 4.78 is 63.3. The zero-order valence-electron chi connectivity index (χ0n) is 18.2. The second kappa shape index (κ2) is 9.09. The third-order valence-electron chi connectivity index (χ3n) is 5.98. The number of rotatable bonds is 5. The number of carbonyl (C=O) groups is 1. The average Bonchev–Trinajstić information content (AvgIpc) is 2.80. The Kier molecular flexibility index (Phi) is 6.35. The van der Waals surface area contributed by atoms with Gasteiger partial charge in [0.15, 0.2) is 0 Å². The van der Waals surface area contributed by atoms with Gasteiger partial charge < -0.3 is 19.7 Å². The maximum Gasteiger partial charge on any atom is 0.257 e. The van der Waals surface area contributed by atoms with E-state index >= 15 is 0 Å². The topological polar surface area (TPSA) is 80.6 Å². The number of ether oxygens (including phenoxy) is 1. The molecule has 2 N–H and O–H groups in total. The summed E-state index contributed by atoms with van der Waals surface area (Å²) in [7, 11) is 1.49. The molecule has 1 aliphatic carbocycles. The Hall–Kier alpha value is -3.40. The van der Waals surface area contributed by atoms with Gasteiger partial charge in [-0.25, -0.2) is 17.6 Å². The zero-order valence-corrected chi connectivity index (χ0v) is 18.2. The molecule has 1 aliphatic rings. The van der Waals surface area contributed by atoms with Crippen molar-refractivity contribution in [1.82, 2.24) is 9.88 Å². The average molecular weight is 478 g/mol. The van der Waals surface area contributed by atoms with Gasteiger partial charge >= 0.3 is 0 Å². The molecule has 10 heteroatoms. The third-order valence-corrected chi connectivity index (χ3v) is 5.98. The van der Waals surface area contributed by atoms with Crippen LogP contribution < -0.4 is 15.5 Å². The Bertz CT molecular complexity index is 1290. The number of pyridine rings is 1. The fourth-order valence-electron chi connectivity index (χ4n) is 4.18. The number of nitrogens with one attached hydrogen (secondary N) is 1. The molecule has 34 heavy (non-hydrogen) atoms. The number of aliphatic hydroxyl groups is 1. The number of nitrogens with zero attached hydrogens (tertiary/aromatic N) is 1. The fraction of sp³-hybridized carbons (Fsp3) is 0.333. The molecule has 1 fully saturated rings. The first kappa shape index (κ1) is 23.7. The number of hydrogen-bond acceptors (Lipinski definition) is 4. The highest BCUT2D eigenvalue weighted by Gasteiger charge is 2.41. The second-order valence-electron chi connectivity index (χ2n) is 8.35. The van der Waals surface area contributed by atoms with E-state index in [-0.39, 0.29) is 18.5 Å². The van der Waals surface area contributed by atoms with E-state index in [9.17, 15) is 32.3 Å². The number of carbonyl (C=O) groups excluding carboxylic acids is 1. The van der Waals surface area contributed by atoms with Crippen LogP contribution in [0.3, 0.4) is 0 Å². The van der Waals surface area contributed by atoms with E-state index in [0.717, 1.165) is 18.3 Å². The van der Waals surface area contributed by atoms with E-state index in [1.165, 1.54) is 11.7 Å². The van der Waals surface area contributed by atoms with Crippen molar-refractivity contribution in [2.75, 3.05) is 7.11 Å². The molecule has 4 rings (SSSR count). The molecule has 1 amide bonds. The minimum Gasteiger partial charge on any atom is -0.497 e. The predicted molar refractivity (Wildman–Crippen MR) is 116 cm³/mol. The van der Waals surface area contributed by atoms with Gasteiger partial charge in [-0.05, 0) is 36.2 Å². The molecular weight excluding hydrogens is 456 g/mol. The first-order valence-corrected chi connectivity index (χ1v) is 10.6. The molecule has 2 atom stereocenters. The summed E-state index contributed by atoms with van der Waals surface area (Å²) >= 11 is 0. The Morgan fingerprint density at radius 3 is 2.53 bits per heavy atom. The standard InChI is InChI=1S/C24H22F4N2O4/c1-34-14-4-2-13(3-5-14)11-30-12-15(22(32)20-16(25)6-7-17(26)21(20)30)23(33)29-18-10-24(27,28)9-8-19(18)31/h2-7,12,18-19,31H,8-11H2,1H3,(H,29,33)/t18-,19-/m0/s1. The molecule has 0 radical (unpaired) electrons. The van der Waals surface area contributed by atoms with Gasteiger partial charge in [-0.2, -0.15) is 0 Å². The van der Waals surface area contributed by atoms with Crippen LogP contribution in [0.15, 0.2) is 47.4 Å². The highest BCUT2D eigenvalue weighted by atomic mass is 19.3. The lowest BCUT2D eigenvalue weighted by molar-refractivity contribution is -0.0768. The molecule has 2 aromatic carbocycles. The Labute approximate surface area is 191 Å². The van der Waals surface area contributed by atoms with Gasteiger partial charge in [0.05, 0.1) is 30.2 Å². The van der Waals surface area contributed by atoms with Gasteiger partial charge in [-0.3, -0.25) is 9.59 Å². The predicted octanol–water partition coefficient (Wildman–Crippen LogP) is 3.62. The Balaban J connectivity index is 1.77. The van der Waals surface area contributed by atoms with E-state index in [1.54, 1.807) is 24.3 Å². The highest BCUT2D eigenvalue weighted by molar-refractivity contribution is 5.97. The molecular formula is C24H22F4N2O4. The fourth-order valence-corrected chi connectivity index (χ4v) is 4.18. The van der Waals surface area contributed by atoms with Crippen molar-refractivity contribution in [3.63, 3.8) is 0 Å². The summed E-state index contributed by atoms with van der Waals surface area (Å²) in [6.07, 6.45) is -1.69. The van der Waals surface area contributed by atoms with E-state index in [4.69, 9.17) is 4.74 Å². The molecule has 1 aromatic heterocycles. The van der Waals surface area contributed by atoms with Crippen molar-refractivity contribution in [1.29, 1.82) is 0 Å². The number of methoxy groups -OCH3 is 1. The van der Waals surface area contributed by atoms with Crippen LogP contribution >= 0.6 is 0 Å². The Morgan fingerprint density at radius 1 is 1.18 bits per heavy atom. The van der Waals surface area contributed by atoms with E-state index < -0.39 is 64.8 Å². The largest absolute Gasteiger partial charge is 0.497 e. The van der Waals surface area contributed by atoms with Gasteiger partial charge in [0, 0.05) is 25.6 Å². The molecule has 0 bridgehead atoms. The minimum atomic E-state index is -3.08. The molecule has 3 aromatic rings. The van der Waals surface area contributed by atoms with Crippen LogP contribution in [0.1, 0.15) is 35.2 Å². The van der Waals surface area contributed by atoms with Crippen molar-refractivity contribution in [3.05, 3.63) is 75.6 Å². The highest BCUT2D eigenvalue weighted by Crippen LogP contribution is 2.33. The summed E-state index contributed by atoms with van der Waals surface area (Å²) in [5, 5.41) is 11.7. The van der Waals surface area contributed by atoms with Crippen molar-refractivity contribution >= 4 is 16.8 Å². The van der Waals surface area contributed by atoms with Crippen LogP contribution in [0.5, 0.6) is 5.75 Å². The molecule has 1 saturated carbocycles. The first-order valence-electron chi connectivity index (χ1n) is 10.6. The maximum absolute atomic E-state index is 14.7. The number of benzene rings is 2. The van der Waals surface area contributed by atoms with Gasteiger partial charge in [-0.15, -0.1) is 0 Å². The van der Waals surface area contributed by atoms with Crippen molar-refractivity contribution in [2.45, 2.75) is 43.9 Å². The molecule has 180 valence electrons. The number of fused-ring (bicyclic) bond motifs is 1. The lowest BCUT2D eigenvalue weighted by Crippen LogP contribution is -2.50. The van der Waals surface area contributed by atoms with Gasteiger partial charge in [0.1, 0.15) is 22.9 Å². The SMILES string of the molecule is COc1ccc(Cn2cc(C(=O)N[C@H]3CC(F)(F)CC[C@@H]3O)c(=O)c3c(F)ccc(F)c32)cc1. The number of aromatic nitrogens is 1. The third kappa shape index (κ3) is 4.63. The van der Waals surface area contributed by atoms with E-state index in [1.807, 2.05) is 0 Å². The molecule has 1 heterocycles. The van der Waals surface area contributed by atoms with Crippen molar-refractivity contribution in [3.8, 4) is 5.75 Å². The summed E-state index contributed by atoms with van der Waals surface area (Å²) in [4.78, 5) is 25.9. The van der Waals surface area contributed by atoms with Crippen LogP contribution in [-0.4, -0.2) is 40.8 Å². The minimum absolute atomic E-state index is 0.0223. The Morgan fingerprint density at radius 2 is 1.85 bits per heavy atom. The summed E-state index contributed by atoms with van der Waals surface area (Å²) in [6, 6.07) is 7.05. The smallest absolute Gasteiger partial charge is 0.257 e. The number of aliphatic hydroxyl groups excluding tert-OH is 1. The molecule has 6 nitrogen and oxygen atoms in total. The van der Waals surface area contributed by atoms with Crippen LogP contribution in [0.4, 0.5) is 17.6 Å². The number of hydrogen-bond donors (Lipinski definition) is 2. The van der Waals surface area contributed by atoms with Crippen LogP contribution in [-0.2, 0) is 6.54 Å². The lowest BCUT2D eigenvalue weighted by atomic mass is 9.89. The quantitative estimate of drug-likeness (QED) is 0.549. The molecule has 0 unspecified atom stereocenters. The van der Waals surface area contributed by atoms with Crippen molar-refractivity contribution in [2.24, 2.45) is 0 Å². The summed E-state index contributed by atoms with van der Waals surface area (Å²) in [5.74, 6) is -5.45. The second-order valence-corrected chi connectivity index (χ2v) is 8.35. The summed E-state index contributed by atoms with van der Waals surface area (Å²) in [5.41, 5.74) is -1.32. The van der Waals surface area contributed by atoms with Crippen LogP contribution in [0.25, 0.3) is 10.9 Å². The lowest BCUT2D eigenvalue weighted by Gasteiger charge is -2.33. The monoisotopic (exact) mass is 478 g/mol. The molecule has 0 spiro atoms. The number of halogens is 4. The number of alkyl halides is 2. The van der Waals surface area contributed by atoms with Gasteiger partial charge in [-0.1, -0.05) is 12.1 Å². The van der Waals surface area contributed by atoms with Crippen LogP contribution in [0.2, 0.25) is 0 Å². The van der Waals surface area contributed by atoms with Gasteiger partial charge in [0.25, 0.3) is 5.91 Å². The summed E-state index contributed by atoms with van der Waals surface area (Å²) in [6.45, 7) is -0.0223. The molecule has 0 saturated heterocycles. The normalized spacial score (nSPS) is 19.7. The van der Waals surface area contributed by atoms with Crippen LogP contribution in [0, 0.1) is 11.6 Å². The molecule has 0 aliphatic heterocycles. The van der Waals surface area contributed by atoms with E-state index in [0.29, 0.717) is 11.3 Å². The first-order chi connectivity index (χ1) is 16.1. The maximum atomic E-state index is 14.7. The zero-order chi connectivity index (χ0) is 24.6. The van der Waals surface area contributed by atoms with E-state index in [2.05, 4.69) is 5.32 Å². The van der Waals surface area contributed by atoms with Gasteiger partial charge in [0.2, 0.25) is 11.4 Å². The van der Waals surface area contributed by atoms with Crippen molar-refractivity contribution < 1.29 is 32.2 Å². The number of amides is 1.